The van der Waals surface area contributed by atoms with Gasteiger partial charge in [0, 0.05) is 6.42 Å². The Morgan fingerprint density at radius 1 is 1.35 bits per heavy atom. The summed E-state index contributed by atoms with van der Waals surface area (Å²) in [5, 5.41) is 9.85. The molecule has 17 heavy (non-hydrogen) atoms. The lowest BCUT2D eigenvalue weighted by Gasteiger charge is -2.27. The van der Waals surface area contributed by atoms with Crippen molar-refractivity contribution >= 4 is 0 Å². The van der Waals surface area contributed by atoms with Gasteiger partial charge in [0.05, 0.1) is 25.9 Å². The Morgan fingerprint density at radius 3 is 2.88 bits per heavy atom. The van der Waals surface area contributed by atoms with E-state index in [1.807, 2.05) is 0 Å². The summed E-state index contributed by atoms with van der Waals surface area (Å²) in [6.45, 7) is 1.18. The zero-order valence-electron chi connectivity index (χ0n) is 9.23. The molecule has 1 N–H and O–H groups in total. The van der Waals surface area contributed by atoms with Crippen molar-refractivity contribution in [2.75, 3.05) is 19.8 Å². The molecule has 0 bridgehead atoms. The average molecular weight is 244 g/mol. The standard InChI is InChI=1S/C12H14F2O3/c13-9-1-2-10(14)8(5-9)6-11(15)12-7-16-3-4-17-12/h1-2,5,11-12,15H,3-4,6-7H2. The second-order valence-electron chi connectivity index (χ2n) is 3.99. The molecular formula is C12H14F2O3. The zero-order valence-corrected chi connectivity index (χ0v) is 9.23. The Morgan fingerprint density at radius 2 is 2.18 bits per heavy atom. The Kier molecular flexibility index (Phi) is 4.04. The molecule has 2 atom stereocenters. The predicted octanol–water partition coefficient (Wildman–Crippen LogP) is 1.28. The van der Waals surface area contributed by atoms with Crippen LogP contribution in [0.2, 0.25) is 0 Å². The minimum atomic E-state index is -0.897. The lowest BCUT2D eigenvalue weighted by Crippen LogP contribution is -2.39. The second kappa shape index (κ2) is 5.53. The lowest BCUT2D eigenvalue weighted by atomic mass is 10.0. The maximum Gasteiger partial charge on any atom is 0.126 e. The van der Waals surface area contributed by atoms with Gasteiger partial charge in [0.25, 0.3) is 0 Å². The third kappa shape index (κ3) is 3.21. The van der Waals surface area contributed by atoms with Crippen molar-refractivity contribution in [2.45, 2.75) is 18.6 Å². The van der Waals surface area contributed by atoms with E-state index in [1.165, 1.54) is 0 Å². The van der Waals surface area contributed by atoms with Crippen LogP contribution in [0.25, 0.3) is 0 Å². The molecule has 1 aliphatic rings. The Hall–Kier alpha value is -1.04. The smallest absolute Gasteiger partial charge is 0.126 e. The van der Waals surface area contributed by atoms with Gasteiger partial charge in [0.15, 0.2) is 0 Å². The highest BCUT2D eigenvalue weighted by Gasteiger charge is 2.24. The summed E-state index contributed by atoms with van der Waals surface area (Å²) in [5.74, 6) is -1.04. The van der Waals surface area contributed by atoms with Crippen LogP contribution in [-0.2, 0) is 15.9 Å². The van der Waals surface area contributed by atoms with Crippen LogP contribution in [-0.4, -0.2) is 37.1 Å². The molecule has 0 aromatic heterocycles. The quantitative estimate of drug-likeness (QED) is 0.870. The van der Waals surface area contributed by atoms with E-state index in [-0.39, 0.29) is 18.6 Å². The normalized spacial score (nSPS) is 22.4. The molecule has 0 spiro atoms. The van der Waals surface area contributed by atoms with Gasteiger partial charge >= 0.3 is 0 Å². The van der Waals surface area contributed by atoms with E-state index in [0.717, 1.165) is 18.2 Å². The number of halogens is 2. The molecule has 2 rings (SSSR count). The van der Waals surface area contributed by atoms with Crippen LogP contribution < -0.4 is 0 Å². The first-order chi connectivity index (χ1) is 8.16. The van der Waals surface area contributed by atoms with Crippen LogP contribution in [0, 0.1) is 11.6 Å². The highest BCUT2D eigenvalue weighted by Crippen LogP contribution is 2.15. The third-order valence-corrected chi connectivity index (χ3v) is 2.71. The van der Waals surface area contributed by atoms with E-state index in [1.54, 1.807) is 0 Å². The van der Waals surface area contributed by atoms with Crippen LogP contribution >= 0.6 is 0 Å². The van der Waals surface area contributed by atoms with Gasteiger partial charge in [-0.3, -0.25) is 0 Å². The Labute approximate surface area is 98.0 Å². The molecule has 1 aliphatic heterocycles. The number of ether oxygens (including phenoxy) is 2. The molecule has 0 amide bonds. The molecule has 1 saturated heterocycles. The zero-order chi connectivity index (χ0) is 12.3. The van der Waals surface area contributed by atoms with Crippen molar-refractivity contribution < 1.29 is 23.4 Å². The van der Waals surface area contributed by atoms with Crippen LogP contribution in [0.1, 0.15) is 5.56 Å². The SMILES string of the molecule is OC(Cc1cc(F)ccc1F)C1COCCO1. The summed E-state index contributed by atoms with van der Waals surface area (Å²) in [6, 6.07) is 3.18. The second-order valence-corrected chi connectivity index (χ2v) is 3.99. The van der Waals surface area contributed by atoms with E-state index in [2.05, 4.69) is 0 Å². The van der Waals surface area contributed by atoms with Gasteiger partial charge in [-0.15, -0.1) is 0 Å². The molecule has 0 aliphatic carbocycles. The predicted molar refractivity (Wildman–Crippen MR) is 56.6 cm³/mol. The first kappa shape index (κ1) is 12.4. The van der Waals surface area contributed by atoms with E-state index >= 15 is 0 Å². The van der Waals surface area contributed by atoms with Crippen molar-refractivity contribution in [3.63, 3.8) is 0 Å². The van der Waals surface area contributed by atoms with Crippen molar-refractivity contribution in [2.24, 2.45) is 0 Å². The van der Waals surface area contributed by atoms with Gasteiger partial charge in [-0.05, 0) is 23.8 Å². The lowest BCUT2D eigenvalue weighted by molar-refractivity contribution is -0.131. The van der Waals surface area contributed by atoms with Gasteiger partial charge in [-0.25, -0.2) is 8.78 Å². The first-order valence-corrected chi connectivity index (χ1v) is 5.48. The highest BCUT2D eigenvalue weighted by molar-refractivity contribution is 5.19. The maximum absolute atomic E-state index is 13.3. The van der Waals surface area contributed by atoms with E-state index in [0.29, 0.717) is 13.2 Å². The topological polar surface area (TPSA) is 38.7 Å². The van der Waals surface area contributed by atoms with Crippen LogP contribution in [0.3, 0.4) is 0 Å². The monoisotopic (exact) mass is 244 g/mol. The van der Waals surface area contributed by atoms with Gasteiger partial charge in [0.2, 0.25) is 0 Å². The Bertz CT molecular complexity index is 378. The molecule has 1 aromatic carbocycles. The highest BCUT2D eigenvalue weighted by atomic mass is 19.1. The molecule has 5 heteroatoms. The van der Waals surface area contributed by atoms with Crippen molar-refractivity contribution in [1.82, 2.24) is 0 Å². The third-order valence-electron chi connectivity index (χ3n) is 2.71. The number of hydrogen-bond donors (Lipinski definition) is 1. The van der Waals surface area contributed by atoms with Crippen LogP contribution in [0.4, 0.5) is 8.78 Å². The van der Waals surface area contributed by atoms with Crippen molar-refractivity contribution in [3.05, 3.63) is 35.4 Å². The fraction of sp³-hybridized carbons (Fsp3) is 0.500. The van der Waals surface area contributed by atoms with Gasteiger partial charge in [-0.1, -0.05) is 0 Å². The number of benzene rings is 1. The van der Waals surface area contributed by atoms with Gasteiger partial charge in [0.1, 0.15) is 17.7 Å². The average Bonchev–Trinajstić information content (AvgIpc) is 2.35. The number of hydrogen-bond acceptors (Lipinski definition) is 3. The Balaban J connectivity index is 2.01. The number of rotatable bonds is 3. The molecule has 3 nitrogen and oxygen atoms in total. The number of aliphatic hydroxyl groups is 1. The minimum absolute atomic E-state index is 0.0115. The summed E-state index contributed by atoms with van der Waals surface area (Å²) >= 11 is 0. The minimum Gasteiger partial charge on any atom is -0.390 e. The van der Waals surface area contributed by atoms with E-state index < -0.39 is 23.8 Å². The molecule has 0 saturated carbocycles. The van der Waals surface area contributed by atoms with Gasteiger partial charge in [-0.2, -0.15) is 0 Å². The summed E-state index contributed by atoms with van der Waals surface area (Å²) in [5.41, 5.74) is 0.145. The van der Waals surface area contributed by atoms with E-state index in [4.69, 9.17) is 9.47 Å². The molecular weight excluding hydrogens is 230 g/mol. The van der Waals surface area contributed by atoms with Crippen LogP contribution in [0.15, 0.2) is 18.2 Å². The summed E-state index contributed by atoms with van der Waals surface area (Å²) in [4.78, 5) is 0. The summed E-state index contributed by atoms with van der Waals surface area (Å²) in [6.07, 6.45) is -1.37. The van der Waals surface area contributed by atoms with E-state index in [9.17, 15) is 13.9 Å². The molecule has 1 fully saturated rings. The number of aliphatic hydroxyl groups excluding tert-OH is 1. The molecule has 0 radical (unpaired) electrons. The molecule has 94 valence electrons. The largest absolute Gasteiger partial charge is 0.390 e. The fourth-order valence-corrected chi connectivity index (χ4v) is 1.78. The molecule has 1 heterocycles. The summed E-state index contributed by atoms with van der Waals surface area (Å²) < 4.78 is 36.7. The van der Waals surface area contributed by atoms with Crippen LogP contribution in [0.5, 0.6) is 0 Å². The first-order valence-electron chi connectivity index (χ1n) is 5.48. The maximum atomic E-state index is 13.3. The fourth-order valence-electron chi connectivity index (χ4n) is 1.78. The van der Waals surface area contributed by atoms with Crippen molar-refractivity contribution in [1.29, 1.82) is 0 Å². The molecule has 2 unspecified atom stereocenters. The van der Waals surface area contributed by atoms with Gasteiger partial charge < -0.3 is 14.6 Å². The summed E-state index contributed by atoms with van der Waals surface area (Å²) in [7, 11) is 0. The van der Waals surface area contributed by atoms with Crippen molar-refractivity contribution in [3.8, 4) is 0 Å². The molecule has 1 aromatic rings.